The molecule has 0 radical (unpaired) electrons. The van der Waals surface area contributed by atoms with E-state index in [0.717, 1.165) is 5.56 Å². The molecule has 0 heterocycles. The molecule has 0 spiro atoms. The standard InChI is InChI=1S/C20H23NO5/c1-13(2)26-12-15-11-14(9-10-18(15)24-3)19(22)21-17-8-6-5-7-16(17)20(23)25-4/h5-11,13H,12H2,1-4H3,(H,21,22). The second kappa shape index (κ2) is 9.01. The summed E-state index contributed by atoms with van der Waals surface area (Å²) in [5.41, 5.74) is 1.89. The van der Waals surface area contributed by atoms with Crippen LogP contribution in [0.4, 0.5) is 5.69 Å². The van der Waals surface area contributed by atoms with Crippen LogP contribution in [0, 0.1) is 0 Å². The Bertz CT molecular complexity index is 786. The molecule has 0 bridgehead atoms. The molecule has 2 aromatic carbocycles. The van der Waals surface area contributed by atoms with Crippen molar-refractivity contribution in [2.24, 2.45) is 0 Å². The van der Waals surface area contributed by atoms with Crippen LogP contribution in [-0.4, -0.2) is 32.2 Å². The van der Waals surface area contributed by atoms with Crippen LogP contribution in [0.5, 0.6) is 5.75 Å². The van der Waals surface area contributed by atoms with Gasteiger partial charge in [0.15, 0.2) is 0 Å². The highest BCUT2D eigenvalue weighted by Gasteiger charge is 2.16. The number of methoxy groups -OCH3 is 2. The molecule has 26 heavy (non-hydrogen) atoms. The molecule has 0 aliphatic rings. The molecule has 0 saturated carbocycles. The van der Waals surface area contributed by atoms with E-state index in [0.29, 0.717) is 29.2 Å². The fourth-order valence-corrected chi connectivity index (χ4v) is 2.36. The first-order valence-corrected chi connectivity index (χ1v) is 8.23. The quantitative estimate of drug-likeness (QED) is 0.766. The van der Waals surface area contributed by atoms with E-state index in [-0.39, 0.29) is 12.0 Å². The van der Waals surface area contributed by atoms with Crippen LogP contribution in [0.3, 0.4) is 0 Å². The third kappa shape index (κ3) is 4.83. The first kappa shape index (κ1) is 19.5. The zero-order valence-corrected chi connectivity index (χ0v) is 15.4. The highest BCUT2D eigenvalue weighted by atomic mass is 16.5. The van der Waals surface area contributed by atoms with Crippen molar-refractivity contribution in [2.75, 3.05) is 19.5 Å². The number of hydrogen-bond donors (Lipinski definition) is 1. The van der Waals surface area contributed by atoms with Gasteiger partial charge in [0.05, 0.1) is 38.2 Å². The first-order valence-electron chi connectivity index (χ1n) is 8.23. The van der Waals surface area contributed by atoms with E-state index < -0.39 is 5.97 Å². The summed E-state index contributed by atoms with van der Waals surface area (Å²) in [5.74, 6) is -0.200. The monoisotopic (exact) mass is 357 g/mol. The summed E-state index contributed by atoms with van der Waals surface area (Å²) in [5, 5.41) is 2.75. The van der Waals surface area contributed by atoms with E-state index in [4.69, 9.17) is 14.2 Å². The van der Waals surface area contributed by atoms with Gasteiger partial charge in [0.25, 0.3) is 5.91 Å². The van der Waals surface area contributed by atoms with Gasteiger partial charge < -0.3 is 19.5 Å². The minimum atomic E-state index is -0.512. The molecule has 6 nitrogen and oxygen atoms in total. The maximum Gasteiger partial charge on any atom is 0.339 e. The number of esters is 1. The molecule has 0 aliphatic heterocycles. The summed E-state index contributed by atoms with van der Waals surface area (Å²) >= 11 is 0. The molecule has 2 rings (SSSR count). The lowest BCUT2D eigenvalue weighted by molar-refractivity contribution is 0.0601. The topological polar surface area (TPSA) is 73.9 Å². The smallest absolute Gasteiger partial charge is 0.339 e. The molecule has 6 heteroatoms. The Kier molecular flexibility index (Phi) is 6.74. The van der Waals surface area contributed by atoms with Crippen LogP contribution < -0.4 is 10.1 Å². The van der Waals surface area contributed by atoms with Crippen molar-refractivity contribution in [1.82, 2.24) is 0 Å². The second-order valence-electron chi connectivity index (χ2n) is 5.88. The molecule has 0 saturated heterocycles. The van der Waals surface area contributed by atoms with Gasteiger partial charge >= 0.3 is 5.97 Å². The SMILES string of the molecule is COC(=O)c1ccccc1NC(=O)c1ccc(OC)c(COC(C)C)c1. The number of nitrogens with one attached hydrogen (secondary N) is 1. The lowest BCUT2D eigenvalue weighted by Gasteiger charge is -2.14. The number of hydrogen-bond acceptors (Lipinski definition) is 5. The number of amides is 1. The van der Waals surface area contributed by atoms with Crippen molar-refractivity contribution in [3.63, 3.8) is 0 Å². The zero-order valence-electron chi connectivity index (χ0n) is 15.4. The number of para-hydroxylation sites is 1. The Hall–Kier alpha value is -2.86. The highest BCUT2D eigenvalue weighted by molar-refractivity contribution is 6.08. The van der Waals surface area contributed by atoms with E-state index in [9.17, 15) is 9.59 Å². The summed E-state index contributed by atoms with van der Waals surface area (Å²) in [6, 6.07) is 11.8. The number of ether oxygens (including phenoxy) is 3. The molecule has 1 amide bonds. The summed E-state index contributed by atoms with van der Waals surface area (Å²) in [6.07, 6.45) is 0.0594. The van der Waals surface area contributed by atoms with Crippen LogP contribution >= 0.6 is 0 Å². The van der Waals surface area contributed by atoms with Gasteiger partial charge in [-0.2, -0.15) is 0 Å². The van der Waals surface area contributed by atoms with Crippen molar-refractivity contribution in [3.8, 4) is 5.75 Å². The molecule has 0 unspecified atom stereocenters. The number of carbonyl (C=O) groups is 2. The second-order valence-corrected chi connectivity index (χ2v) is 5.88. The van der Waals surface area contributed by atoms with Crippen molar-refractivity contribution in [3.05, 3.63) is 59.2 Å². The van der Waals surface area contributed by atoms with Gasteiger partial charge in [0.1, 0.15) is 5.75 Å². The Morgan fingerprint density at radius 1 is 1.08 bits per heavy atom. The third-order valence-electron chi connectivity index (χ3n) is 3.70. The number of carbonyl (C=O) groups excluding carboxylic acids is 2. The van der Waals surface area contributed by atoms with Gasteiger partial charge in [-0.25, -0.2) is 4.79 Å². The summed E-state index contributed by atoms with van der Waals surface area (Å²) in [6.45, 7) is 4.21. The van der Waals surface area contributed by atoms with E-state index in [2.05, 4.69) is 5.32 Å². The fourth-order valence-electron chi connectivity index (χ4n) is 2.36. The van der Waals surface area contributed by atoms with Gasteiger partial charge in [-0.15, -0.1) is 0 Å². The number of benzene rings is 2. The molecule has 138 valence electrons. The average molecular weight is 357 g/mol. The predicted molar refractivity (Wildman–Crippen MR) is 98.7 cm³/mol. The van der Waals surface area contributed by atoms with Crippen LogP contribution in [-0.2, 0) is 16.1 Å². The van der Waals surface area contributed by atoms with E-state index in [1.165, 1.54) is 7.11 Å². The molecular formula is C20H23NO5. The maximum atomic E-state index is 12.6. The maximum absolute atomic E-state index is 12.6. The zero-order chi connectivity index (χ0) is 19.1. The van der Waals surface area contributed by atoms with Crippen molar-refractivity contribution >= 4 is 17.6 Å². The number of rotatable bonds is 7. The lowest BCUT2D eigenvalue weighted by Crippen LogP contribution is -2.16. The van der Waals surface area contributed by atoms with Crippen LogP contribution in [0.25, 0.3) is 0 Å². The minimum Gasteiger partial charge on any atom is -0.496 e. The van der Waals surface area contributed by atoms with Crippen molar-refractivity contribution in [1.29, 1.82) is 0 Å². The van der Waals surface area contributed by atoms with Crippen LogP contribution in [0.15, 0.2) is 42.5 Å². The van der Waals surface area contributed by atoms with Gasteiger partial charge in [0, 0.05) is 11.1 Å². The lowest BCUT2D eigenvalue weighted by atomic mass is 10.1. The van der Waals surface area contributed by atoms with Crippen LogP contribution in [0.2, 0.25) is 0 Å². The fraction of sp³-hybridized carbons (Fsp3) is 0.300. The summed E-state index contributed by atoms with van der Waals surface area (Å²) in [4.78, 5) is 24.5. The van der Waals surface area contributed by atoms with E-state index in [1.54, 1.807) is 49.6 Å². The van der Waals surface area contributed by atoms with Crippen molar-refractivity contribution in [2.45, 2.75) is 26.6 Å². The predicted octanol–water partition coefficient (Wildman–Crippen LogP) is 3.66. The average Bonchev–Trinajstić information content (AvgIpc) is 2.65. The van der Waals surface area contributed by atoms with Crippen LogP contribution in [0.1, 0.15) is 40.1 Å². The molecule has 0 fully saturated rings. The van der Waals surface area contributed by atoms with Crippen molar-refractivity contribution < 1.29 is 23.8 Å². The van der Waals surface area contributed by atoms with E-state index in [1.807, 2.05) is 13.8 Å². The van der Waals surface area contributed by atoms with Gasteiger partial charge in [0.2, 0.25) is 0 Å². The van der Waals surface area contributed by atoms with Gasteiger partial charge in [-0.05, 0) is 44.2 Å². The van der Waals surface area contributed by atoms with Gasteiger partial charge in [-0.1, -0.05) is 12.1 Å². The summed E-state index contributed by atoms with van der Waals surface area (Å²) < 4.78 is 15.7. The van der Waals surface area contributed by atoms with E-state index >= 15 is 0 Å². The molecule has 2 aromatic rings. The third-order valence-corrected chi connectivity index (χ3v) is 3.70. The molecule has 0 aliphatic carbocycles. The Balaban J connectivity index is 2.25. The Morgan fingerprint density at radius 3 is 2.46 bits per heavy atom. The molecular weight excluding hydrogens is 334 g/mol. The van der Waals surface area contributed by atoms with Gasteiger partial charge in [-0.3, -0.25) is 4.79 Å². The molecule has 0 atom stereocenters. The highest BCUT2D eigenvalue weighted by Crippen LogP contribution is 2.23. The molecule has 1 N–H and O–H groups in total. The first-order chi connectivity index (χ1) is 12.5. The molecule has 0 aromatic heterocycles. The largest absolute Gasteiger partial charge is 0.496 e. The minimum absolute atomic E-state index is 0.0594. The number of anilines is 1. The normalized spacial score (nSPS) is 10.5. The Morgan fingerprint density at radius 2 is 1.81 bits per heavy atom. The summed E-state index contributed by atoms with van der Waals surface area (Å²) in [7, 11) is 2.87. The Labute approximate surface area is 153 Å².